The van der Waals surface area contributed by atoms with Crippen molar-refractivity contribution in [1.82, 2.24) is 25.8 Å². The zero-order chi connectivity index (χ0) is 19.6. The SMILES string of the molecule is CCNC(=O)NC(=O)C(C)N1CCN(CC(=O)NCc2ccccc2)CC1. The molecular formula is C19H29N5O3. The Morgan fingerprint density at radius 1 is 1.04 bits per heavy atom. The number of benzene rings is 1. The number of hydrogen-bond acceptors (Lipinski definition) is 5. The maximum Gasteiger partial charge on any atom is 0.321 e. The summed E-state index contributed by atoms with van der Waals surface area (Å²) in [5.74, 6) is -0.315. The molecule has 148 valence electrons. The first-order valence-electron chi connectivity index (χ1n) is 9.35. The molecule has 1 unspecified atom stereocenters. The maximum atomic E-state index is 12.1. The van der Waals surface area contributed by atoms with Crippen LogP contribution >= 0.6 is 0 Å². The Morgan fingerprint density at radius 3 is 2.33 bits per heavy atom. The summed E-state index contributed by atoms with van der Waals surface area (Å²) >= 11 is 0. The van der Waals surface area contributed by atoms with Crippen molar-refractivity contribution in [1.29, 1.82) is 0 Å². The first-order chi connectivity index (χ1) is 13.0. The lowest BCUT2D eigenvalue weighted by molar-refractivity contribution is -0.127. The molecule has 0 spiro atoms. The number of carbonyl (C=O) groups excluding carboxylic acids is 3. The van der Waals surface area contributed by atoms with Crippen LogP contribution in [-0.2, 0) is 16.1 Å². The number of piperazine rings is 1. The minimum atomic E-state index is -0.469. The van der Waals surface area contributed by atoms with Crippen LogP contribution in [-0.4, -0.2) is 73.0 Å². The molecule has 2 rings (SSSR count). The van der Waals surface area contributed by atoms with Crippen molar-refractivity contribution in [3.05, 3.63) is 35.9 Å². The van der Waals surface area contributed by atoms with Crippen LogP contribution in [0.5, 0.6) is 0 Å². The molecule has 4 amide bonds. The standard InChI is InChI=1S/C19H29N5O3/c1-3-20-19(27)22-18(26)15(2)24-11-9-23(10-12-24)14-17(25)21-13-16-7-5-4-6-8-16/h4-8,15H,3,9-14H2,1-2H3,(H,21,25)(H2,20,22,26,27). The zero-order valence-electron chi connectivity index (χ0n) is 16.0. The summed E-state index contributed by atoms with van der Waals surface area (Å²) in [4.78, 5) is 39.8. The third-order valence-electron chi connectivity index (χ3n) is 4.61. The molecule has 1 aromatic carbocycles. The quantitative estimate of drug-likeness (QED) is 0.631. The van der Waals surface area contributed by atoms with Gasteiger partial charge in [-0.25, -0.2) is 4.79 Å². The average molecular weight is 375 g/mol. The number of nitrogens with one attached hydrogen (secondary N) is 3. The largest absolute Gasteiger partial charge is 0.351 e. The lowest BCUT2D eigenvalue weighted by Crippen LogP contribution is -2.56. The van der Waals surface area contributed by atoms with E-state index in [1.807, 2.05) is 35.2 Å². The van der Waals surface area contributed by atoms with E-state index in [0.29, 0.717) is 45.8 Å². The first kappa shape index (κ1) is 20.9. The smallest absolute Gasteiger partial charge is 0.321 e. The number of urea groups is 1. The van der Waals surface area contributed by atoms with Crippen LogP contribution in [0.2, 0.25) is 0 Å². The highest BCUT2D eigenvalue weighted by molar-refractivity contribution is 5.96. The third kappa shape index (κ3) is 6.99. The molecule has 1 fully saturated rings. The number of nitrogens with zero attached hydrogens (tertiary/aromatic N) is 2. The van der Waals surface area contributed by atoms with Crippen molar-refractivity contribution in [2.45, 2.75) is 26.4 Å². The van der Waals surface area contributed by atoms with Gasteiger partial charge in [0, 0.05) is 39.3 Å². The summed E-state index contributed by atoms with van der Waals surface area (Å²) in [6, 6.07) is 8.94. The summed E-state index contributed by atoms with van der Waals surface area (Å²) in [6.45, 7) is 7.69. The molecule has 8 nitrogen and oxygen atoms in total. The van der Waals surface area contributed by atoms with Crippen molar-refractivity contribution >= 4 is 17.8 Å². The van der Waals surface area contributed by atoms with Crippen molar-refractivity contribution in [3.63, 3.8) is 0 Å². The van der Waals surface area contributed by atoms with Crippen molar-refractivity contribution < 1.29 is 14.4 Å². The topological polar surface area (TPSA) is 93.8 Å². The number of carbonyl (C=O) groups is 3. The van der Waals surface area contributed by atoms with Gasteiger partial charge in [-0.15, -0.1) is 0 Å². The molecule has 1 saturated heterocycles. The lowest BCUT2D eigenvalue weighted by Gasteiger charge is -2.36. The van der Waals surface area contributed by atoms with Gasteiger partial charge in [-0.3, -0.25) is 24.7 Å². The molecule has 1 aliphatic rings. The molecule has 1 aliphatic heterocycles. The molecular weight excluding hydrogens is 346 g/mol. The summed E-state index contributed by atoms with van der Waals surface area (Å²) in [6.07, 6.45) is 0. The Kier molecular flexibility index (Phi) is 8.22. The number of imide groups is 1. The fourth-order valence-corrected chi connectivity index (χ4v) is 2.95. The second kappa shape index (κ2) is 10.6. The van der Waals surface area contributed by atoms with Gasteiger partial charge in [0.25, 0.3) is 0 Å². The molecule has 0 saturated carbocycles. The van der Waals surface area contributed by atoms with Crippen LogP contribution in [0.4, 0.5) is 4.79 Å². The molecule has 0 aliphatic carbocycles. The highest BCUT2D eigenvalue weighted by Gasteiger charge is 2.27. The molecule has 1 atom stereocenters. The van der Waals surface area contributed by atoms with Gasteiger partial charge < -0.3 is 10.6 Å². The number of amides is 4. The van der Waals surface area contributed by atoms with E-state index >= 15 is 0 Å². The highest BCUT2D eigenvalue weighted by atomic mass is 16.2. The van der Waals surface area contributed by atoms with Gasteiger partial charge in [-0.05, 0) is 19.4 Å². The molecule has 1 heterocycles. The Bertz CT molecular complexity index is 629. The van der Waals surface area contributed by atoms with Gasteiger partial charge in [0.15, 0.2) is 0 Å². The van der Waals surface area contributed by atoms with E-state index in [0.717, 1.165) is 5.56 Å². The summed E-state index contributed by atoms with van der Waals surface area (Å²) in [5, 5.41) is 7.82. The minimum Gasteiger partial charge on any atom is -0.351 e. The van der Waals surface area contributed by atoms with Crippen molar-refractivity contribution in [2.24, 2.45) is 0 Å². The predicted octanol–water partition coefficient (Wildman–Crippen LogP) is 0.155. The van der Waals surface area contributed by atoms with Crippen molar-refractivity contribution in [3.8, 4) is 0 Å². The molecule has 0 aromatic heterocycles. The van der Waals surface area contributed by atoms with E-state index in [2.05, 4.69) is 20.9 Å². The Labute approximate surface area is 160 Å². The monoisotopic (exact) mass is 375 g/mol. The number of hydrogen-bond donors (Lipinski definition) is 3. The average Bonchev–Trinajstić information content (AvgIpc) is 2.67. The zero-order valence-corrected chi connectivity index (χ0v) is 16.0. The van der Waals surface area contributed by atoms with E-state index < -0.39 is 6.03 Å². The molecule has 27 heavy (non-hydrogen) atoms. The first-order valence-corrected chi connectivity index (χ1v) is 9.35. The van der Waals surface area contributed by atoms with Crippen LogP contribution in [0.3, 0.4) is 0 Å². The van der Waals surface area contributed by atoms with Crippen LogP contribution < -0.4 is 16.0 Å². The van der Waals surface area contributed by atoms with Gasteiger partial charge in [0.1, 0.15) is 0 Å². The van der Waals surface area contributed by atoms with Crippen LogP contribution in [0.1, 0.15) is 19.4 Å². The van der Waals surface area contributed by atoms with Gasteiger partial charge in [0.05, 0.1) is 12.6 Å². The van der Waals surface area contributed by atoms with E-state index in [-0.39, 0.29) is 17.9 Å². The second-order valence-corrected chi connectivity index (χ2v) is 6.60. The fraction of sp³-hybridized carbons (Fsp3) is 0.526. The molecule has 0 radical (unpaired) electrons. The Hall–Kier alpha value is -2.45. The molecule has 3 N–H and O–H groups in total. The van der Waals surface area contributed by atoms with Gasteiger partial charge in [0.2, 0.25) is 11.8 Å². The van der Waals surface area contributed by atoms with E-state index in [1.54, 1.807) is 13.8 Å². The lowest BCUT2D eigenvalue weighted by atomic mass is 10.2. The van der Waals surface area contributed by atoms with Gasteiger partial charge in [-0.1, -0.05) is 30.3 Å². The third-order valence-corrected chi connectivity index (χ3v) is 4.61. The summed E-state index contributed by atoms with van der Waals surface area (Å²) in [5.41, 5.74) is 1.07. The van der Waals surface area contributed by atoms with E-state index in [9.17, 15) is 14.4 Å². The fourth-order valence-electron chi connectivity index (χ4n) is 2.95. The molecule has 8 heteroatoms. The molecule has 1 aromatic rings. The Balaban J connectivity index is 1.69. The normalized spacial score (nSPS) is 16.4. The van der Waals surface area contributed by atoms with Crippen LogP contribution in [0, 0.1) is 0 Å². The van der Waals surface area contributed by atoms with Crippen LogP contribution in [0.25, 0.3) is 0 Å². The van der Waals surface area contributed by atoms with Gasteiger partial charge >= 0.3 is 6.03 Å². The Morgan fingerprint density at radius 2 is 1.70 bits per heavy atom. The maximum absolute atomic E-state index is 12.1. The predicted molar refractivity (Wildman–Crippen MR) is 103 cm³/mol. The highest BCUT2D eigenvalue weighted by Crippen LogP contribution is 2.06. The molecule has 0 bridgehead atoms. The number of rotatable bonds is 7. The van der Waals surface area contributed by atoms with Crippen molar-refractivity contribution in [2.75, 3.05) is 39.3 Å². The summed E-state index contributed by atoms with van der Waals surface area (Å²) in [7, 11) is 0. The minimum absolute atomic E-state index is 0.00525. The van der Waals surface area contributed by atoms with E-state index in [1.165, 1.54) is 0 Å². The van der Waals surface area contributed by atoms with E-state index in [4.69, 9.17) is 0 Å². The second-order valence-electron chi connectivity index (χ2n) is 6.60. The summed E-state index contributed by atoms with van der Waals surface area (Å²) < 4.78 is 0. The van der Waals surface area contributed by atoms with Crippen LogP contribution in [0.15, 0.2) is 30.3 Å². The van der Waals surface area contributed by atoms with Gasteiger partial charge in [-0.2, -0.15) is 0 Å².